The molecular weight excluding hydrogens is 495 g/mol. The number of rotatable bonds is 11. The van der Waals surface area contributed by atoms with Gasteiger partial charge in [0.25, 0.3) is 0 Å². The van der Waals surface area contributed by atoms with Gasteiger partial charge in [-0.05, 0) is 66.0 Å². The molecule has 1 aliphatic rings. The molecular formula is C30H44Cl2O4. The van der Waals surface area contributed by atoms with Gasteiger partial charge in [-0.15, -0.1) is 0 Å². The lowest BCUT2D eigenvalue weighted by atomic mass is 9.66. The largest absolute Gasteiger partial charge is 0.385 e. The molecule has 2 aromatic carbocycles. The van der Waals surface area contributed by atoms with Gasteiger partial charge in [0, 0.05) is 45.1 Å². The van der Waals surface area contributed by atoms with Crippen molar-refractivity contribution in [3.8, 4) is 0 Å². The SMILES string of the molecule is COCC(COC)(c1ccc(Cl)cc1)c1ccc(Cl)cc1.COCCC(OC)C1CCCCC1(C)C. The molecule has 0 N–H and O–H groups in total. The van der Waals surface area contributed by atoms with E-state index >= 15 is 0 Å². The molecule has 0 radical (unpaired) electrons. The summed E-state index contributed by atoms with van der Waals surface area (Å²) < 4.78 is 21.8. The normalized spacial score (nSPS) is 18.3. The molecule has 1 saturated carbocycles. The van der Waals surface area contributed by atoms with Crippen molar-refractivity contribution < 1.29 is 18.9 Å². The first kappa shape index (κ1) is 31.1. The molecule has 4 nitrogen and oxygen atoms in total. The van der Waals surface area contributed by atoms with Crippen molar-refractivity contribution in [3.63, 3.8) is 0 Å². The molecule has 2 atom stereocenters. The average Bonchev–Trinajstić information content (AvgIpc) is 2.86. The van der Waals surface area contributed by atoms with E-state index in [1.165, 1.54) is 25.7 Å². The van der Waals surface area contributed by atoms with Gasteiger partial charge >= 0.3 is 0 Å². The van der Waals surface area contributed by atoms with Crippen molar-refractivity contribution in [2.24, 2.45) is 11.3 Å². The number of methoxy groups -OCH3 is 4. The van der Waals surface area contributed by atoms with Crippen LogP contribution in [0.1, 0.15) is 57.1 Å². The summed E-state index contributed by atoms with van der Waals surface area (Å²) in [4.78, 5) is 0. The first-order chi connectivity index (χ1) is 17.2. The molecule has 0 heterocycles. The molecule has 2 aromatic rings. The van der Waals surface area contributed by atoms with Crippen molar-refractivity contribution in [2.75, 3.05) is 48.3 Å². The Morgan fingerprint density at radius 1 is 0.806 bits per heavy atom. The Labute approximate surface area is 228 Å². The zero-order valence-corrected chi connectivity index (χ0v) is 24.3. The van der Waals surface area contributed by atoms with E-state index in [2.05, 4.69) is 13.8 Å². The Morgan fingerprint density at radius 2 is 1.31 bits per heavy atom. The topological polar surface area (TPSA) is 36.9 Å². The fraction of sp³-hybridized carbons (Fsp3) is 0.600. The standard InChI is InChI=1S/C17H18Cl2O2.C13H26O2/c1-20-11-17(12-21-2,13-3-7-15(18)8-4-13)14-5-9-16(19)10-6-14;1-13(2)9-6-5-7-11(13)12(15-4)8-10-14-3/h3-10H,11-12H2,1-2H3;11-12H,5-10H2,1-4H3. The summed E-state index contributed by atoms with van der Waals surface area (Å²) in [6.07, 6.45) is 6.80. The van der Waals surface area contributed by atoms with Gasteiger partial charge in [-0.25, -0.2) is 0 Å². The highest BCUT2D eigenvalue weighted by Gasteiger charge is 2.37. The molecule has 0 amide bonds. The maximum atomic E-state index is 6.00. The number of halogens is 2. The Balaban J connectivity index is 0.000000269. The van der Waals surface area contributed by atoms with E-state index in [9.17, 15) is 0 Å². The van der Waals surface area contributed by atoms with E-state index in [-0.39, 0.29) is 0 Å². The van der Waals surface area contributed by atoms with E-state index < -0.39 is 5.41 Å². The third kappa shape index (κ3) is 8.44. The van der Waals surface area contributed by atoms with Crippen LogP contribution < -0.4 is 0 Å². The second-order valence-corrected chi connectivity index (χ2v) is 11.2. The van der Waals surface area contributed by atoms with Gasteiger partial charge in [0.15, 0.2) is 0 Å². The Morgan fingerprint density at radius 3 is 1.69 bits per heavy atom. The highest BCUT2D eigenvalue weighted by atomic mass is 35.5. The summed E-state index contributed by atoms with van der Waals surface area (Å²) in [7, 11) is 6.98. The Kier molecular flexibility index (Phi) is 13.2. The second-order valence-electron chi connectivity index (χ2n) is 10.4. The molecule has 36 heavy (non-hydrogen) atoms. The van der Waals surface area contributed by atoms with E-state index in [1.54, 1.807) is 21.3 Å². The fourth-order valence-electron chi connectivity index (χ4n) is 5.50. The summed E-state index contributed by atoms with van der Waals surface area (Å²) in [5, 5.41) is 1.41. The highest BCUT2D eigenvalue weighted by molar-refractivity contribution is 6.30. The molecule has 1 aliphatic carbocycles. The van der Waals surface area contributed by atoms with Crippen molar-refractivity contribution >= 4 is 23.2 Å². The van der Waals surface area contributed by atoms with Crippen molar-refractivity contribution in [2.45, 2.75) is 57.5 Å². The summed E-state index contributed by atoms with van der Waals surface area (Å²) >= 11 is 12.0. The molecule has 0 aliphatic heterocycles. The van der Waals surface area contributed by atoms with Gasteiger partial charge in [0.1, 0.15) is 0 Å². The number of hydrogen-bond acceptors (Lipinski definition) is 4. The van der Waals surface area contributed by atoms with E-state index in [0.29, 0.717) is 40.7 Å². The van der Waals surface area contributed by atoms with Crippen LogP contribution >= 0.6 is 23.2 Å². The van der Waals surface area contributed by atoms with Gasteiger partial charge in [-0.1, -0.05) is 74.2 Å². The van der Waals surface area contributed by atoms with Gasteiger partial charge < -0.3 is 18.9 Å². The quantitative estimate of drug-likeness (QED) is 0.292. The summed E-state index contributed by atoms with van der Waals surface area (Å²) in [6, 6.07) is 15.6. The third-order valence-electron chi connectivity index (χ3n) is 7.52. The summed E-state index contributed by atoms with van der Waals surface area (Å²) in [5.41, 5.74) is 2.24. The maximum absolute atomic E-state index is 6.00. The molecule has 0 spiro atoms. The molecule has 6 heteroatoms. The van der Waals surface area contributed by atoms with Crippen LogP contribution in [0.2, 0.25) is 10.0 Å². The minimum atomic E-state index is -0.390. The van der Waals surface area contributed by atoms with E-state index in [4.69, 9.17) is 42.1 Å². The minimum Gasteiger partial charge on any atom is -0.385 e. The fourth-order valence-corrected chi connectivity index (χ4v) is 5.75. The number of ether oxygens (including phenoxy) is 4. The lowest BCUT2D eigenvalue weighted by Gasteiger charge is -2.42. The maximum Gasteiger partial charge on any atom is 0.0669 e. The minimum absolute atomic E-state index is 0.375. The molecule has 3 rings (SSSR count). The number of benzene rings is 2. The van der Waals surface area contributed by atoms with E-state index in [1.807, 2.05) is 55.6 Å². The predicted molar refractivity (Wildman–Crippen MR) is 150 cm³/mol. The monoisotopic (exact) mass is 538 g/mol. The predicted octanol–water partition coefficient (Wildman–Crippen LogP) is 7.83. The van der Waals surface area contributed by atoms with Gasteiger partial charge in [0.2, 0.25) is 0 Å². The number of hydrogen-bond donors (Lipinski definition) is 0. The molecule has 1 fully saturated rings. The zero-order chi connectivity index (χ0) is 26.6. The van der Waals surface area contributed by atoms with Gasteiger partial charge in [-0.2, -0.15) is 0 Å². The molecule has 202 valence electrons. The van der Waals surface area contributed by atoms with Crippen LogP contribution in [0.3, 0.4) is 0 Å². The van der Waals surface area contributed by atoms with Gasteiger partial charge in [-0.3, -0.25) is 0 Å². The van der Waals surface area contributed by atoms with Crippen LogP contribution in [0.5, 0.6) is 0 Å². The van der Waals surface area contributed by atoms with Crippen LogP contribution in [0.15, 0.2) is 48.5 Å². The summed E-state index contributed by atoms with van der Waals surface area (Å²) in [5.74, 6) is 0.700. The Bertz CT molecular complexity index is 814. The van der Waals surface area contributed by atoms with E-state index in [0.717, 1.165) is 24.2 Å². The van der Waals surface area contributed by atoms with Crippen molar-refractivity contribution in [3.05, 3.63) is 69.7 Å². The van der Waals surface area contributed by atoms with Crippen LogP contribution in [-0.4, -0.2) is 54.4 Å². The van der Waals surface area contributed by atoms with Gasteiger partial charge in [0.05, 0.1) is 24.7 Å². The zero-order valence-electron chi connectivity index (χ0n) is 22.8. The van der Waals surface area contributed by atoms with Crippen LogP contribution in [0, 0.1) is 11.3 Å². The smallest absolute Gasteiger partial charge is 0.0669 e. The molecule has 0 aromatic heterocycles. The first-order valence-corrected chi connectivity index (χ1v) is 13.5. The molecule has 0 bridgehead atoms. The van der Waals surface area contributed by atoms with Crippen LogP contribution in [0.4, 0.5) is 0 Å². The van der Waals surface area contributed by atoms with Crippen molar-refractivity contribution in [1.29, 1.82) is 0 Å². The lowest BCUT2D eigenvalue weighted by Crippen LogP contribution is -2.38. The van der Waals surface area contributed by atoms with Crippen molar-refractivity contribution in [1.82, 2.24) is 0 Å². The highest BCUT2D eigenvalue weighted by Crippen LogP contribution is 2.43. The second kappa shape index (κ2) is 15.3. The average molecular weight is 540 g/mol. The lowest BCUT2D eigenvalue weighted by molar-refractivity contribution is -0.0371. The Hall–Kier alpha value is -1.14. The van der Waals surface area contributed by atoms with Crippen LogP contribution in [-0.2, 0) is 24.4 Å². The summed E-state index contributed by atoms with van der Waals surface area (Å²) in [6.45, 7) is 6.59. The first-order valence-electron chi connectivity index (χ1n) is 12.8. The van der Waals surface area contributed by atoms with Crippen LogP contribution in [0.25, 0.3) is 0 Å². The third-order valence-corrected chi connectivity index (χ3v) is 8.03. The molecule has 0 saturated heterocycles. The molecule has 2 unspecified atom stereocenters.